The molecule has 0 spiro atoms. The van der Waals surface area contributed by atoms with E-state index in [-0.39, 0.29) is 30.5 Å². The van der Waals surface area contributed by atoms with Crippen LogP contribution in [0.25, 0.3) is 10.9 Å². The third-order valence-corrected chi connectivity index (χ3v) is 8.12. The fourth-order valence-electron chi connectivity index (χ4n) is 4.47. The van der Waals surface area contributed by atoms with Crippen LogP contribution in [0.2, 0.25) is 5.15 Å². The van der Waals surface area contributed by atoms with Gasteiger partial charge in [-0.2, -0.15) is 0 Å². The maximum Gasteiger partial charge on any atom is 0.412 e. The smallest absolute Gasteiger partial charge is 0.412 e. The molecular weight excluding hydrogens is 524 g/mol. The number of thioether (sulfide) groups is 1. The molecule has 1 aromatic heterocycles. The quantitative estimate of drug-likeness (QED) is 0.239. The lowest BCUT2D eigenvalue weighted by molar-refractivity contribution is -0.166. The highest BCUT2D eigenvalue weighted by Gasteiger charge is 2.64. The van der Waals surface area contributed by atoms with Crippen LogP contribution >= 0.6 is 23.4 Å². The number of fused-ring (bicyclic) bond motifs is 2. The molecule has 3 amide bonds. The van der Waals surface area contributed by atoms with E-state index in [1.807, 2.05) is 13.8 Å². The Kier molecular flexibility index (Phi) is 7.43. The normalized spacial score (nSPS) is 21.7. The third-order valence-electron chi connectivity index (χ3n) is 6.23. The fraction of sp³-hybridized carbons (Fsp3) is 0.458. The summed E-state index contributed by atoms with van der Waals surface area (Å²) in [6.45, 7) is 4.96. The van der Waals surface area contributed by atoms with Crippen LogP contribution in [-0.2, 0) is 30.4 Å². The molecule has 3 heterocycles. The maximum absolute atomic E-state index is 13.0. The van der Waals surface area contributed by atoms with E-state index in [9.17, 15) is 24.0 Å². The van der Waals surface area contributed by atoms with E-state index in [0.717, 1.165) is 4.90 Å². The number of rotatable bonds is 7. The van der Waals surface area contributed by atoms with E-state index in [4.69, 9.17) is 21.1 Å². The fourth-order valence-corrected chi connectivity index (χ4v) is 6.34. The van der Waals surface area contributed by atoms with Gasteiger partial charge in [0, 0.05) is 23.2 Å². The Morgan fingerprint density at radius 3 is 2.59 bits per heavy atom. The van der Waals surface area contributed by atoms with Crippen LogP contribution in [0.3, 0.4) is 0 Å². The number of hydrogen-bond donors (Lipinski definition) is 1. The Balaban J connectivity index is 1.43. The molecule has 4 rings (SSSR count). The van der Waals surface area contributed by atoms with Gasteiger partial charge in [-0.05, 0) is 32.9 Å². The lowest BCUT2D eigenvalue weighted by Crippen LogP contribution is -2.71. The van der Waals surface area contributed by atoms with Gasteiger partial charge in [0.1, 0.15) is 29.2 Å². The van der Waals surface area contributed by atoms with Gasteiger partial charge in [0.25, 0.3) is 0 Å². The number of nitrogens with zero attached hydrogens (tertiary/aromatic N) is 3. The van der Waals surface area contributed by atoms with Crippen LogP contribution in [0, 0.1) is 0 Å². The van der Waals surface area contributed by atoms with Crippen molar-refractivity contribution in [3.05, 3.63) is 45.7 Å². The second-order valence-corrected chi connectivity index (χ2v) is 11.4. The van der Waals surface area contributed by atoms with Gasteiger partial charge >= 0.3 is 12.1 Å². The van der Waals surface area contributed by atoms with E-state index in [0.29, 0.717) is 10.9 Å². The van der Waals surface area contributed by atoms with Crippen molar-refractivity contribution in [2.24, 2.45) is 0 Å². The average Bonchev–Trinajstić information content (AvgIpc) is 3.11. The minimum atomic E-state index is -0.892. The summed E-state index contributed by atoms with van der Waals surface area (Å²) < 4.78 is 11.0. The zero-order valence-corrected chi connectivity index (χ0v) is 22.3. The van der Waals surface area contributed by atoms with Gasteiger partial charge in [-0.25, -0.2) is 9.59 Å². The van der Waals surface area contributed by atoms with E-state index < -0.39 is 46.1 Å². The lowest BCUT2D eigenvalue weighted by atomic mass is 9.96. The van der Waals surface area contributed by atoms with Gasteiger partial charge in [-0.15, -0.1) is 11.8 Å². The SMILES string of the molecule is CCOC(=O)N(C)COC(=O)[C@@H]1N2C(=O)[C@@H](NC(=O)Cn3c(Cl)cc(=O)c4ccccc43)[C@H]2SC1(C)C. The van der Waals surface area contributed by atoms with Gasteiger partial charge in [0.15, 0.2) is 12.2 Å². The van der Waals surface area contributed by atoms with Crippen LogP contribution in [-0.4, -0.2) is 80.8 Å². The summed E-state index contributed by atoms with van der Waals surface area (Å²) in [4.78, 5) is 65.3. The summed E-state index contributed by atoms with van der Waals surface area (Å²) >= 11 is 7.64. The monoisotopic (exact) mass is 550 g/mol. The predicted octanol–water partition coefficient (Wildman–Crippen LogP) is 1.79. The molecule has 0 saturated carbocycles. The number of ether oxygens (including phenoxy) is 2. The molecule has 2 aliphatic rings. The number of amides is 3. The number of nitrogens with one attached hydrogen (secondary N) is 1. The van der Waals surface area contributed by atoms with Crippen LogP contribution < -0.4 is 10.7 Å². The van der Waals surface area contributed by atoms with Crippen molar-refractivity contribution in [3.8, 4) is 0 Å². The second-order valence-electron chi connectivity index (χ2n) is 9.23. The number of carbonyl (C=O) groups excluding carboxylic acids is 4. The molecule has 0 radical (unpaired) electrons. The number of β-lactam (4-membered cyclic amide) rings is 1. The molecule has 13 heteroatoms. The largest absolute Gasteiger partial charge is 0.450 e. The lowest BCUT2D eigenvalue weighted by Gasteiger charge is -2.44. The van der Waals surface area contributed by atoms with Gasteiger partial charge in [0.2, 0.25) is 11.8 Å². The number of carbonyl (C=O) groups is 4. The minimum absolute atomic E-state index is 0.104. The topological polar surface area (TPSA) is 127 Å². The molecule has 2 aromatic rings. The molecule has 3 atom stereocenters. The molecule has 0 aliphatic carbocycles. The number of halogens is 1. The van der Waals surface area contributed by atoms with Crippen LogP contribution in [0.4, 0.5) is 4.79 Å². The molecule has 2 saturated heterocycles. The summed E-state index contributed by atoms with van der Waals surface area (Å²) in [6.07, 6.45) is -0.633. The Bertz CT molecular complexity index is 1330. The van der Waals surface area contributed by atoms with E-state index in [1.165, 1.54) is 34.3 Å². The summed E-state index contributed by atoms with van der Waals surface area (Å²) in [5.74, 6) is -1.53. The number of para-hydroxylation sites is 1. The van der Waals surface area contributed by atoms with Gasteiger partial charge in [-0.1, -0.05) is 23.7 Å². The maximum atomic E-state index is 13.0. The number of aromatic nitrogens is 1. The Morgan fingerprint density at radius 2 is 1.89 bits per heavy atom. The first-order chi connectivity index (χ1) is 17.5. The first kappa shape index (κ1) is 26.8. The van der Waals surface area contributed by atoms with E-state index in [2.05, 4.69) is 5.32 Å². The number of esters is 1. The summed E-state index contributed by atoms with van der Waals surface area (Å²) in [6, 6.07) is 6.32. The zero-order chi connectivity index (χ0) is 27.1. The summed E-state index contributed by atoms with van der Waals surface area (Å²) in [7, 11) is 1.43. The molecule has 37 heavy (non-hydrogen) atoms. The van der Waals surface area contributed by atoms with Crippen molar-refractivity contribution < 1.29 is 28.7 Å². The number of pyridine rings is 1. The van der Waals surface area contributed by atoms with Crippen molar-refractivity contribution in [1.29, 1.82) is 0 Å². The van der Waals surface area contributed by atoms with Crippen LogP contribution in [0.15, 0.2) is 35.1 Å². The first-order valence-corrected chi connectivity index (χ1v) is 12.8. The van der Waals surface area contributed by atoms with Crippen LogP contribution in [0.1, 0.15) is 20.8 Å². The van der Waals surface area contributed by atoms with Crippen molar-refractivity contribution in [3.63, 3.8) is 0 Å². The van der Waals surface area contributed by atoms with Crippen molar-refractivity contribution in [2.75, 3.05) is 20.4 Å². The summed E-state index contributed by atoms with van der Waals surface area (Å²) in [5, 5.41) is 2.80. The standard InChI is InChI=1S/C24H27ClN4O7S/c1-5-35-23(34)27(4)12-36-22(33)19-24(2,3)37-21-18(20(32)29(19)21)26-17(31)11-28-14-9-7-6-8-13(14)15(30)10-16(28)25/h6-10,18-19,21H,5,11-12H2,1-4H3,(H,26,31)/t18-,19+,21-/m1/s1. The highest BCUT2D eigenvalue weighted by Crippen LogP contribution is 2.51. The number of hydrogen-bond acceptors (Lipinski definition) is 8. The molecule has 2 fully saturated rings. The third kappa shape index (κ3) is 4.99. The highest BCUT2D eigenvalue weighted by atomic mass is 35.5. The molecule has 0 bridgehead atoms. The van der Waals surface area contributed by atoms with Gasteiger partial charge < -0.3 is 24.3 Å². The molecule has 2 aliphatic heterocycles. The Morgan fingerprint density at radius 1 is 1.19 bits per heavy atom. The van der Waals surface area contributed by atoms with Crippen molar-refractivity contribution in [1.82, 2.24) is 19.7 Å². The zero-order valence-electron chi connectivity index (χ0n) is 20.7. The average molecular weight is 551 g/mol. The number of benzene rings is 1. The highest BCUT2D eigenvalue weighted by molar-refractivity contribution is 8.01. The minimum Gasteiger partial charge on any atom is -0.450 e. The van der Waals surface area contributed by atoms with Crippen molar-refractivity contribution in [2.45, 2.75) is 49.5 Å². The molecule has 198 valence electrons. The summed E-state index contributed by atoms with van der Waals surface area (Å²) in [5.41, 5.74) is 0.252. The Hall–Kier alpha value is -3.25. The molecule has 11 nitrogen and oxygen atoms in total. The van der Waals surface area contributed by atoms with Crippen LogP contribution in [0.5, 0.6) is 0 Å². The molecule has 1 N–H and O–H groups in total. The van der Waals surface area contributed by atoms with E-state index in [1.54, 1.807) is 31.2 Å². The molecule has 0 unspecified atom stereocenters. The molecule has 1 aromatic carbocycles. The molecular formula is C24H27ClN4O7S. The van der Waals surface area contributed by atoms with Gasteiger partial charge in [0.05, 0.1) is 12.1 Å². The second kappa shape index (κ2) is 10.3. The van der Waals surface area contributed by atoms with Gasteiger partial charge in [-0.3, -0.25) is 19.3 Å². The van der Waals surface area contributed by atoms with E-state index >= 15 is 0 Å². The predicted molar refractivity (Wildman–Crippen MR) is 137 cm³/mol. The first-order valence-electron chi connectivity index (χ1n) is 11.6. The Labute approximate surface area is 222 Å². The van der Waals surface area contributed by atoms with Crippen molar-refractivity contribution >= 4 is 58.1 Å².